The standard InChI is InChI=1S/C16H10F4N4O3/c17-13-5-4-10(7-12(13)16(18,19)20)21-8-14-22-15(23-27-14)9-2-1-3-11(6-9)24(25)26/h1-7,21H,8H2. The van der Waals surface area contributed by atoms with E-state index in [1.807, 2.05) is 0 Å². The molecule has 2 aromatic carbocycles. The maximum Gasteiger partial charge on any atom is 0.419 e. The molecule has 0 saturated carbocycles. The van der Waals surface area contributed by atoms with Gasteiger partial charge in [0.15, 0.2) is 0 Å². The first-order chi connectivity index (χ1) is 12.7. The monoisotopic (exact) mass is 382 g/mol. The Balaban J connectivity index is 1.74. The molecule has 0 radical (unpaired) electrons. The minimum absolute atomic E-state index is 0.0128. The lowest BCUT2D eigenvalue weighted by Gasteiger charge is -2.10. The van der Waals surface area contributed by atoms with E-state index in [0.717, 1.165) is 6.07 Å². The summed E-state index contributed by atoms with van der Waals surface area (Å²) in [5, 5.41) is 17.1. The van der Waals surface area contributed by atoms with Gasteiger partial charge in [-0.15, -0.1) is 0 Å². The van der Waals surface area contributed by atoms with E-state index in [4.69, 9.17) is 4.52 Å². The average molecular weight is 382 g/mol. The van der Waals surface area contributed by atoms with E-state index in [9.17, 15) is 27.7 Å². The van der Waals surface area contributed by atoms with Gasteiger partial charge in [0.25, 0.3) is 5.69 Å². The van der Waals surface area contributed by atoms with Crippen LogP contribution >= 0.6 is 0 Å². The molecule has 0 saturated heterocycles. The number of aromatic nitrogens is 2. The third-order valence-corrected chi connectivity index (χ3v) is 3.50. The van der Waals surface area contributed by atoms with E-state index in [-0.39, 0.29) is 29.6 Å². The zero-order valence-corrected chi connectivity index (χ0v) is 13.3. The largest absolute Gasteiger partial charge is 0.419 e. The summed E-state index contributed by atoms with van der Waals surface area (Å²) in [5.41, 5.74) is -1.18. The molecular formula is C16H10F4N4O3. The van der Waals surface area contributed by atoms with Gasteiger partial charge >= 0.3 is 6.18 Å². The molecule has 1 heterocycles. The van der Waals surface area contributed by atoms with Gasteiger partial charge in [0, 0.05) is 23.4 Å². The number of benzene rings is 2. The smallest absolute Gasteiger partial charge is 0.376 e. The first-order valence-electron chi connectivity index (χ1n) is 7.42. The predicted molar refractivity (Wildman–Crippen MR) is 85.1 cm³/mol. The maximum absolute atomic E-state index is 13.3. The topological polar surface area (TPSA) is 94.1 Å². The van der Waals surface area contributed by atoms with Crippen LogP contribution in [0.15, 0.2) is 47.0 Å². The first-order valence-corrected chi connectivity index (χ1v) is 7.42. The number of hydrogen-bond donors (Lipinski definition) is 1. The number of nitrogens with zero attached hydrogens (tertiary/aromatic N) is 3. The Morgan fingerprint density at radius 3 is 2.67 bits per heavy atom. The second kappa shape index (κ2) is 7.02. The van der Waals surface area contributed by atoms with Crippen LogP contribution in [0.2, 0.25) is 0 Å². The van der Waals surface area contributed by atoms with Crippen LogP contribution in [-0.4, -0.2) is 15.1 Å². The van der Waals surface area contributed by atoms with E-state index in [1.54, 1.807) is 6.07 Å². The van der Waals surface area contributed by atoms with Gasteiger partial charge < -0.3 is 9.84 Å². The van der Waals surface area contributed by atoms with Crippen LogP contribution in [0.3, 0.4) is 0 Å². The molecule has 3 aromatic rings. The maximum atomic E-state index is 13.3. The Morgan fingerprint density at radius 1 is 1.19 bits per heavy atom. The molecule has 1 N–H and O–H groups in total. The highest BCUT2D eigenvalue weighted by Gasteiger charge is 2.34. The van der Waals surface area contributed by atoms with Crippen molar-refractivity contribution >= 4 is 11.4 Å². The molecule has 0 amide bonds. The molecule has 0 aliphatic rings. The fraction of sp³-hybridized carbons (Fsp3) is 0.125. The van der Waals surface area contributed by atoms with Crippen LogP contribution in [0, 0.1) is 15.9 Å². The van der Waals surface area contributed by atoms with E-state index >= 15 is 0 Å². The zero-order chi connectivity index (χ0) is 19.6. The van der Waals surface area contributed by atoms with Crippen molar-refractivity contribution in [3.63, 3.8) is 0 Å². The van der Waals surface area contributed by atoms with Crippen molar-refractivity contribution < 1.29 is 27.0 Å². The highest BCUT2D eigenvalue weighted by atomic mass is 19.4. The van der Waals surface area contributed by atoms with Crippen LogP contribution in [-0.2, 0) is 12.7 Å². The summed E-state index contributed by atoms with van der Waals surface area (Å²) in [4.78, 5) is 14.3. The van der Waals surface area contributed by atoms with E-state index in [0.29, 0.717) is 17.7 Å². The number of hydrogen-bond acceptors (Lipinski definition) is 6. The summed E-state index contributed by atoms with van der Waals surface area (Å²) >= 11 is 0. The predicted octanol–water partition coefficient (Wildman–Crippen LogP) is 4.41. The van der Waals surface area contributed by atoms with Crippen LogP contribution in [0.25, 0.3) is 11.4 Å². The molecule has 140 valence electrons. The molecule has 3 rings (SSSR count). The van der Waals surface area contributed by atoms with Gasteiger partial charge in [0.05, 0.1) is 17.0 Å². The van der Waals surface area contributed by atoms with Crippen LogP contribution in [0.5, 0.6) is 0 Å². The Morgan fingerprint density at radius 2 is 1.96 bits per heavy atom. The number of halogens is 4. The minimum Gasteiger partial charge on any atom is -0.376 e. The van der Waals surface area contributed by atoms with Gasteiger partial charge in [-0.2, -0.15) is 18.2 Å². The molecule has 27 heavy (non-hydrogen) atoms. The van der Waals surface area contributed by atoms with Gasteiger partial charge in [-0.05, 0) is 18.2 Å². The summed E-state index contributed by atoms with van der Waals surface area (Å²) in [6.07, 6.45) is -4.82. The number of alkyl halides is 3. The summed E-state index contributed by atoms with van der Waals surface area (Å²) < 4.78 is 56.4. The fourth-order valence-electron chi connectivity index (χ4n) is 2.23. The number of anilines is 1. The van der Waals surface area contributed by atoms with E-state index in [2.05, 4.69) is 15.5 Å². The van der Waals surface area contributed by atoms with Crippen LogP contribution in [0.1, 0.15) is 11.5 Å². The van der Waals surface area contributed by atoms with Gasteiger partial charge in [0.1, 0.15) is 5.82 Å². The first kappa shape index (κ1) is 18.3. The Bertz CT molecular complexity index is 988. The minimum atomic E-state index is -4.82. The molecule has 0 atom stereocenters. The average Bonchev–Trinajstić information content (AvgIpc) is 3.09. The van der Waals surface area contributed by atoms with Gasteiger partial charge in [0.2, 0.25) is 11.7 Å². The number of rotatable bonds is 5. The van der Waals surface area contributed by atoms with Crippen LogP contribution in [0.4, 0.5) is 28.9 Å². The summed E-state index contributed by atoms with van der Waals surface area (Å²) in [7, 11) is 0. The third kappa shape index (κ3) is 4.19. The lowest BCUT2D eigenvalue weighted by Crippen LogP contribution is -2.09. The molecule has 0 aliphatic carbocycles. The molecule has 7 nitrogen and oxygen atoms in total. The lowest BCUT2D eigenvalue weighted by atomic mass is 10.2. The SMILES string of the molecule is O=[N+]([O-])c1cccc(-c2noc(CNc3ccc(F)c(C(F)(F)F)c3)n2)c1. The molecule has 1 aromatic heterocycles. The fourth-order valence-corrected chi connectivity index (χ4v) is 2.23. The summed E-state index contributed by atoms with van der Waals surface area (Å²) in [6.45, 7) is -0.120. The number of nitrogens with one attached hydrogen (secondary N) is 1. The molecular weight excluding hydrogens is 372 g/mol. The van der Waals surface area contributed by atoms with Crippen molar-refractivity contribution in [1.82, 2.24) is 10.1 Å². The highest BCUT2D eigenvalue weighted by molar-refractivity contribution is 5.58. The Kier molecular flexibility index (Phi) is 4.75. The number of non-ortho nitro benzene ring substituents is 1. The summed E-state index contributed by atoms with van der Waals surface area (Å²) in [5.74, 6) is -1.25. The number of nitro benzene ring substituents is 1. The zero-order valence-electron chi connectivity index (χ0n) is 13.3. The highest BCUT2D eigenvalue weighted by Crippen LogP contribution is 2.33. The van der Waals surface area contributed by atoms with Crippen molar-refractivity contribution in [2.24, 2.45) is 0 Å². The van der Waals surface area contributed by atoms with E-state index in [1.165, 1.54) is 18.2 Å². The van der Waals surface area contributed by atoms with E-state index < -0.39 is 22.5 Å². The Hall–Kier alpha value is -3.50. The van der Waals surface area contributed by atoms with Crippen LogP contribution < -0.4 is 5.32 Å². The molecule has 0 fully saturated rings. The third-order valence-electron chi connectivity index (χ3n) is 3.50. The molecule has 0 spiro atoms. The normalized spacial score (nSPS) is 11.4. The quantitative estimate of drug-likeness (QED) is 0.399. The van der Waals surface area contributed by atoms with Crippen molar-refractivity contribution in [2.45, 2.75) is 12.7 Å². The lowest BCUT2D eigenvalue weighted by molar-refractivity contribution is -0.384. The van der Waals surface area contributed by atoms with Crippen molar-refractivity contribution in [1.29, 1.82) is 0 Å². The van der Waals surface area contributed by atoms with Gasteiger partial charge in [-0.25, -0.2) is 4.39 Å². The second-order valence-corrected chi connectivity index (χ2v) is 5.37. The van der Waals surface area contributed by atoms with Gasteiger partial charge in [-0.1, -0.05) is 17.3 Å². The molecule has 11 heteroatoms. The molecule has 0 unspecified atom stereocenters. The van der Waals surface area contributed by atoms with Gasteiger partial charge in [-0.3, -0.25) is 10.1 Å². The Labute approximate surface area is 148 Å². The molecule has 0 bridgehead atoms. The number of nitro groups is 1. The molecule has 0 aliphatic heterocycles. The second-order valence-electron chi connectivity index (χ2n) is 5.37. The van der Waals surface area contributed by atoms with Crippen molar-refractivity contribution in [3.05, 3.63) is 69.9 Å². The van der Waals surface area contributed by atoms with Crippen molar-refractivity contribution in [2.75, 3.05) is 5.32 Å². The van der Waals surface area contributed by atoms with Crippen molar-refractivity contribution in [3.8, 4) is 11.4 Å². The summed E-state index contributed by atoms with van der Waals surface area (Å²) in [6, 6.07) is 8.04.